The second-order valence-corrected chi connectivity index (χ2v) is 20.2. The van der Waals surface area contributed by atoms with Gasteiger partial charge in [0, 0.05) is 19.3 Å². The van der Waals surface area contributed by atoms with Gasteiger partial charge in [-0.1, -0.05) is 243 Å². The van der Waals surface area contributed by atoms with Crippen LogP contribution in [0.5, 0.6) is 0 Å². The van der Waals surface area contributed by atoms with Crippen molar-refractivity contribution in [3.05, 3.63) is 48.6 Å². The Morgan fingerprint density at radius 1 is 0.290 bits per heavy atom. The number of hydrogen-bond acceptors (Lipinski definition) is 6. The summed E-state index contributed by atoms with van der Waals surface area (Å²) in [6.45, 7) is 6.61. The van der Waals surface area contributed by atoms with Gasteiger partial charge in [-0.2, -0.15) is 0 Å². The highest BCUT2D eigenvalue weighted by Crippen LogP contribution is 2.16. The van der Waals surface area contributed by atoms with Crippen molar-refractivity contribution in [1.29, 1.82) is 0 Å². The van der Waals surface area contributed by atoms with E-state index in [0.717, 1.165) is 83.5 Å². The van der Waals surface area contributed by atoms with Crippen LogP contribution in [0.3, 0.4) is 0 Å². The van der Waals surface area contributed by atoms with Crippen LogP contribution in [-0.2, 0) is 28.6 Å². The van der Waals surface area contributed by atoms with Crippen LogP contribution < -0.4 is 0 Å². The molecule has 0 saturated carbocycles. The summed E-state index contributed by atoms with van der Waals surface area (Å²) >= 11 is 0. The highest BCUT2D eigenvalue weighted by Gasteiger charge is 2.19. The van der Waals surface area contributed by atoms with Gasteiger partial charge in [0.2, 0.25) is 0 Å². The van der Waals surface area contributed by atoms with Crippen LogP contribution in [0.25, 0.3) is 0 Å². The summed E-state index contributed by atoms with van der Waals surface area (Å²) in [5.41, 5.74) is 0. The maximum Gasteiger partial charge on any atom is 0.306 e. The van der Waals surface area contributed by atoms with Gasteiger partial charge in [0.25, 0.3) is 0 Å². The van der Waals surface area contributed by atoms with Crippen LogP contribution in [0.2, 0.25) is 0 Å². The van der Waals surface area contributed by atoms with Crippen molar-refractivity contribution in [1.82, 2.24) is 0 Å². The zero-order chi connectivity index (χ0) is 50.0. The van der Waals surface area contributed by atoms with Gasteiger partial charge >= 0.3 is 17.9 Å². The van der Waals surface area contributed by atoms with Crippen LogP contribution >= 0.6 is 0 Å². The highest BCUT2D eigenvalue weighted by atomic mass is 16.6. The van der Waals surface area contributed by atoms with Gasteiger partial charge in [-0.15, -0.1) is 0 Å². The molecule has 1 unspecified atom stereocenters. The van der Waals surface area contributed by atoms with E-state index in [1.165, 1.54) is 193 Å². The summed E-state index contributed by atoms with van der Waals surface area (Å²) in [4.78, 5) is 38.1. The Labute approximate surface area is 428 Å². The Hall–Kier alpha value is -2.63. The summed E-state index contributed by atoms with van der Waals surface area (Å²) in [6, 6.07) is 0. The molecule has 0 bridgehead atoms. The van der Waals surface area contributed by atoms with Gasteiger partial charge in [-0.3, -0.25) is 14.4 Å². The quantitative estimate of drug-likeness (QED) is 0.0262. The minimum Gasteiger partial charge on any atom is -0.462 e. The Morgan fingerprint density at radius 3 is 0.841 bits per heavy atom. The van der Waals surface area contributed by atoms with Gasteiger partial charge in [-0.25, -0.2) is 0 Å². The Bertz CT molecular complexity index is 1200. The minimum atomic E-state index is -0.779. The smallest absolute Gasteiger partial charge is 0.306 e. The highest BCUT2D eigenvalue weighted by molar-refractivity contribution is 5.71. The van der Waals surface area contributed by atoms with Gasteiger partial charge in [0.15, 0.2) is 6.10 Å². The lowest BCUT2D eigenvalue weighted by atomic mass is 10.0. The van der Waals surface area contributed by atoms with Crippen LogP contribution in [0, 0.1) is 0 Å². The fraction of sp³-hybridized carbons (Fsp3) is 0.825. The first-order valence-electron chi connectivity index (χ1n) is 30.1. The van der Waals surface area contributed by atoms with Gasteiger partial charge in [0.05, 0.1) is 0 Å². The molecule has 0 saturated heterocycles. The average Bonchev–Trinajstić information content (AvgIpc) is 3.35. The number of carbonyl (C=O) groups excluding carboxylic acids is 3. The van der Waals surface area contributed by atoms with E-state index in [4.69, 9.17) is 14.2 Å². The van der Waals surface area contributed by atoms with Crippen LogP contribution in [-0.4, -0.2) is 37.2 Å². The summed E-state index contributed by atoms with van der Waals surface area (Å²) < 4.78 is 16.9. The molecule has 69 heavy (non-hydrogen) atoms. The first kappa shape index (κ1) is 66.4. The Morgan fingerprint density at radius 2 is 0.522 bits per heavy atom. The van der Waals surface area contributed by atoms with E-state index in [2.05, 4.69) is 69.4 Å². The molecular weight excluding hydrogens is 853 g/mol. The van der Waals surface area contributed by atoms with Gasteiger partial charge in [0.1, 0.15) is 13.2 Å². The van der Waals surface area contributed by atoms with Crippen LogP contribution in [0.4, 0.5) is 0 Å². The number of esters is 3. The van der Waals surface area contributed by atoms with Crippen molar-refractivity contribution >= 4 is 17.9 Å². The molecule has 0 amide bonds. The average molecular weight is 968 g/mol. The van der Waals surface area contributed by atoms with E-state index >= 15 is 0 Å². The molecule has 402 valence electrons. The molecule has 1 atom stereocenters. The number of hydrogen-bond donors (Lipinski definition) is 0. The van der Waals surface area contributed by atoms with Crippen molar-refractivity contribution in [2.75, 3.05) is 13.2 Å². The third kappa shape index (κ3) is 56.2. The number of carbonyl (C=O) groups is 3. The van der Waals surface area contributed by atoms with Gasteiger partial charge < -0.3 is 14.2 Å². The number of allylic oxidation sites excluding steroid dienone is 8. The normalized spacial score (nSPS) is 12.3. The zero-order valence-electron chi connectivity index (χ0n) is 46.1. The molecule has 6 nitrogen and oxygen atoms in total. The topological polar surface area (TPSA) is 78.9 Å². The second-order valence-electron chi connectivity index (χ2n) is 20.2. The minimum absolute atomic E-state index is 0.0774. The molecule has 0 rings (SSSR count). The van der Waals surface area contributed by atoms with Crippen LogP contribution in [0.1, 0.15) is 316 Å². The second kappa shape index (κ2) is 57.9. The van der Waals surface area contributed by atoms with E-state index in [-0.39, 0.29) is 31.1 Å². The Balaban J connectivity index is 4.24. The number of unbranched alkanes of at least 4 members (excludes halogenated alkanes) is 36. The van der Waals surface area contributed by atoms with Crippen LogP contribution in [0.15, 0.2) is 48.6 Å². The molecule has 0 aromatic heterocycles. The number of ether oxygens (including phenoxy) is 3. The van der Waals surface area contributed by atoms with E-state index < -0.39 is 6.10 Å². The zero-order valence-corrected chi connectivity index (χ0v) is 46.1. The fourth-order valence-electron chi connectivity index (χ4n) is 8.70. The maximum absolute atomic E-state index is 12.8. The van der Waals surface area contributed by atoms with Crippen molar-refractivity contribution < 1.29 is 28.6 Å². The van der Waals surface area contributed by atoms with Crippen molar-refractivity contribution in [2.45, 2.75) is 322 Å². The molecule has 0 fully saturated rings. The molecule has 0 spiro atoms. The lowest BCUT2D eigenvalue weighted by molar-refractivity contribution is -0.167. The molecule has 0 aliphatic rings. The lowest BCUT2D eigenvalue weighted by Crippen LogP contribution is -2.30. The molecule has 0 aliphatic heterocycles. The fourth-order valence-corrected chi connectivity index (χ4v) is 8.70. The first-order valence-corrected chi connectivity index (χ1v) is 30.1. The summed E-state index contributed by atoms with van der Waals surface area (Å²) in [5.74, 6) is -0.883. The van der Waals surface area contributed by atoms with Crippen molar-refractivity contribution in [2.24, 2.45) is 0 Å². The Kier molecular flexibility index (Phi) is 55.7. The monoisotopic (exact) mass is 967 g/mol. The molecule has 0 aromatic rings. The third-order valence-electron chi connectivity index (χ3n) is 13.3. The molecule has 0 aliphatic carbocycles. The van der Waals surface area contributed by atoms with Crippen molar-refractivity contribution in [3.63, 3.8) is 0 Å². The SMILES string of the molecule is CCCCC/C=C\CCCCCCCC(=O)OCC(COC(=O)CCCCCCCCCCCCCCC/C=C\C/C=C\CCCCCCC)OC(=O)CCCCCCC/C=C\CCCCCCC. The molecule has 0 N–H and O–H groups in total. The molecular formula is C63H114O6. The largest absolute Gasteiger partial charge is 0.462 e. The molecule has 6 heteroatoms. The van der Waals surface area contributed by atoms with E-state index in [1.54, 1.807) is 0 Å². The molecule has 0 heterocycles. The first-order chi connectivity index (χ1) is 34.0. The van der Waals surface area contributed by atoms with Gasteiger partial charge in [-0.05, 0) is 103 Å². The predicted octanol–water partition coefficient (Wildman–Crippen LogP) is 20.2. The third-order valence-corrected chi connectivity index (χ3v) is 13.3. The summed E-state index contributed by atoms with van der Waals surface area (Å²) in [5, 5.41) is 0. The summed E-state index contributed by atoms with van der Waals surface area (Å²) in [6.07, 6.45) is 71.1. The lowest BCUT2D eigenvalue weighted by Gasteiger charge is -2.18. The number of rotatable bonds is 55. The van der Waals surface area contributed by atoms with Crippen molar-refractivity contribution in [3.8, 4) is 0 Å². The standard InChI is InChI=1S/C63H114O6/c1-4-7-10-13-16-19-22-25-27-28-29-30-31-32-33-34-35-36-37-39-41-44-47-50-53-56-62(65)68-59-60(58-67-61(64)55-52-49-46-43-40-24-21-18-15-12-9-6-3)69-63(66)57-54-51-48-45-42-38-26-23-20-17-14-11-8-5-2/h18,21-23,25-26,28-29,60H,4-17,19-20,24,27,30-59H2,1-3H3/b21-18-,25-22-,26-23-,29-28-. The predicted molar refractivity (Wildman–Crippen MR) is 298 cm³/mol. The van der Waals surface area contributed by atoms with E-state index in [9.17, 15) is 14.4 Å². The van der Waals surface area contributed by atoms with E-state index in [1.807, 2.05) is 0 Å². The van der Waals surface area contributed by atoms with E-state index in [0.29, 0.717) is 19.3 Å². The summed E-state index contributed by atoms with van der Waals surface area (Å²) in [7, 11) is 0. The molecule has 0 aromatic carbocycles. The molecule has 0 radical (unpaired) electrons. The maximum atomic E-state index is 12.8.